The molecule has 0 aromatic carbocycles. The molecule has 0 saturated carbocycles. The van der Waals surface area contributed by atoms with Gasteiger partial charge in [-0.2, -0.15) is 0 Å². The Balaban J connectivity index is 2.11. The predicted molar refractivity (Wildman–Crippen MR) is 55.4 cm³/mol. The summed E-state index contributed by atoms with van der Waals surface area (Å²) in [7, 11) is 0. The van der Waals surface area contributed by atoms with Crippen molar-refractivity contribution in [2.75, 3.05) is 0 Å². The molecule has 1 heterocycles. The molecule has 14 heavy (non-hydrogen) atoms. The van der Waals surface area contributed by atoms with Gasteiger partial charge in [-0.25, -0.2) is 0 Å². The number of hydrogen-bond acceptors (Lipinski definition) is 0. The fourth-order valence-electron chi connectivity index (χ4n) is 2.54. The van der Waals surface area contributed by atoms with Crippen LogP contribution < -0.4 is 0 Å². The molecule has 1 aliphatic heterocycles. The minimum absolute atomic E-state index is 0.371. The third kappa shape index (κ3) is 1.22. The van der Waals surface area contributed by atoms with Crippen LogP contribution in [0.15, 0.2) is 41.0 Å². The van der Waals surface area contributed by atoms with Crippen molar-refractivity contribution in [3.05, 3.63) is 41.0 Å². The van der Waals surface area contributed by atoms with Gasteiger partial charge in [0.05, 0.1) is 0 Å². The molecule has 0 nitrogen and oxygen atoms in total. The Bertz CT molecular complexity index is 377. The molecule has 0 saturated heterocycles. The van der Waals surface area contributed by atoms with Crippen LogP contribution in [0.2, 0.25) is 0 Å². The zero-order valence-electron chi connectivity index (χ0n) is 8.78. The Morgan fingerprint density at radius 2 is 1.43 bits per heavy atom. The van der Waals surface area contributed by atoms with E-state index in [1.807, 2.05) is 6.56 Å². The summed E-state index contributed by atoms with van der Waals surface area (Å²) in [6.07, 6.45) is 8.74. The minimum atomic E-state index is -0.371. The summed E-state index contributed by atoms with van der Waals surface area (Å²) in [5, 5.41) is 0. The third-order valence-corrected chi connectivity index (χ3v) is 7.99. The summed E-state index contributed by atoms with van der Waals surface area (Å²) < 4.78 is 3.68. The van der Waals surface area contributed by atoms with Crippen molar-refractivity contribution in [2.24, 2.45) is 0 Å². The Morgan fingerprint density at radius 3 is 1.93 bits per heavy atom. The van der Waals surface area contributed by atoms with Crippen molar-refractivity contribution in [3.63, 3.8) is 0 Å². The number of allylic oxidation sites excluding steroid dienone is 8. The van der Waals surface area contributed by atoms with Gasteiger partial charge in [-0.3, -0.25) is 0 Å². The molecule has 0 aromatic rings. The van der Waals surface area contributed by atoms with E-state index in [0.29, 0.717) is 0 Å². The van der Waals surface area contributed by atoms with E-state index in [4.69, 9.17) is 0 Å². The van der Waals surface area contributed by atoms with Gasteiger partial charge < -0.3 is 0 Å². The van der Waals surface area contributed by atoms with Crippen molar-refractivity contribution >= 4 is 0 Å². The van der Waals surface area contributed by atoms with E-state index >= 15 is 0 Å². The van der Waals surface area contributed by atoms with Gasteiger partial charge in [-0.1, -0.05) is 0 Å². The van der Waals surface area contributed by atoms with Gasteiger partial charge in [0, 0.05) is 0 Å². The second kappa shape index (κ2) is 3.17. The molecular formula is C13H14Zr. The molecule has 2 aliphatic carbocycles. The molecule has 3 aliphatic rings. The van der Waals surface area contributed by atoms with Crippen LogP contribution in [0.3, 0.4) is 0 Å². The Morgan fingerprint density at radius 1 is 0.929 bits per heavy atom. The molecule has 0 N–H and O–H groups in total. The second-order valence-corrected chi connectivity index (χ2v) is 7.96. The number of hydrogen-bond donors (Lipinski definition) is 0. The zero-order chi connectivity index (χ0) is 9.71. The van der Waals surface area contributed by atoms with Gasteiger partial charge in [0.1, 0.15) is 0 Å². The zero-order valence-corrected chi connectivity index (χ0v) is 11.2. The van der Waals surface area contributed by atoms with E-state index < -0.39 is 0 Å². The van der Waals surface area contributed by atoms with E-state index in [1.54, 1.807) is 22.3 Å². The molecule has 0 spiro atoms. The fourth-order valence-corrected chi connectivity index (χ4v) is 6.15. The van der Waals surface area contributed by atoms with E-state index in [2.05, 4.69) is 26.0 Å². The molecule has 0 atom stereocenters. The van der Waals surface area contributed by atoms with Crippen LogP contribution in [0.4, 0.5) is 0 Å². The predicted octanol–water partition coefficient (Wildman–Crippen LogP) is 3.68. The average Bonchev–Trinajstić information content (AvgIpc) is 2.72. The standard InChI is InChI=1S/C13H14.Zr/c1-10-5-3-7-12(10)9-13-8-4-6-11(13)2;/h7-8H,3-4,9H2,1-2H3;. The van der Waals surface area contributed by atoms with Gasteiger partial charge in [0.25, 0.3) is 0 Å². The quantitative estimate of drug-likeness (QED) is 0.624. The molecule has 0 aromatic heterocycles. The van der Waals surface area contributed by atoms with E-state index in [0.717, 1.165) is 0 Å². The van der Waals surface area contributed by atoms with Crippen LogP contribution in [0.25, 0.3) is 0 Å². The first-order chi connectivity index (χ1) is 6.75. The average molecular weight is 261 g/mol. The number of rotatable bonds is 0. The topological polar surface area (TPSA) is 0 Å². The SMILES string of the molecule is CC1=[C]2CC=C1CC1=CC[C](=C1C)[Zr]2. The molecule has 70 valence electrons. The summed E-state index contributed by atoms with van der Waals surface area (Å²) in [5.74, 6) is 0. The first-order valence-corrected chi connectivity index (χ1v) is 7.77. The summed E-state index contributed by atoms with van der Waals surface area (Å²) in [6.45, 7) is 4.69. The second-order valence-electron chi connectivity index (χ2n) is 4.38. The molecular weight excluding hydrogens is 247 g/mol. The van der Waals surface area contributed by atoms with Gasteiger partial charge in [0.2, 0.25) is 0 Å². The third-order valence-electron chi connectivity index (χ3n) is 3.66. The normalized spacial score (nSPS) is 24.4. The van der Waals surface area contributed by atoms with E-state index in [-0.39, 0.29) is 23.2 Å². The molecule has 1 heteroatoms. The Labute approximate surface area is 97.0 Å². The van der Waals surface area contributed by atoms with Crippen molar-refractivity contribution in [3.8, 4) is 0 Å². The van der Waals surface area contributed by atoms with Gasteiger partial charge in [-0.05, 0) is 0 Å². The van der Waals surface area contributed by atoms with Gasteiger partial charge in [0.15, 0.2) is 0 Å². The van der Waals surface area contributed by atoms with Crippen molar-refractivity contribution in [2.45, 2.75) is 33.1 Å². The van der Waals surface area contributed by atoms with Crippen LogP contribution in [0.1, 0.15) is 33.1 Å². The molecule has 0 fully saturated rings. The van der Waals surface area contributed by atoms with E-state index in [1.165, 1.54) is 19.3 Å². The molecule has 3 rings (SSSR count). The summed E-state index contributed by atoms with van der Waals surface area (Å²) >= 11 is -0.371. The van der Waals surface area contributed by atoms with Crippen molar-refractivity contribution in [1.82, 2.24) is 0 Å². The molecule has 0 amide bonds. The molecule has 4 bridgehead atoms. The summed E-state index contributed by atoms with van der Waals surface area (Å²) in [5.41, 5.74) is 6.59. The first-order valence-electron chi connectivity index (χ1n) is 5.31. The van der Waals surface area contributed by atoms with Crippen LogP contribution in [0.5, 0.6) is 0 Å². The van der Waals surface area contributed by atoms with Crippen LogP contribution in [-0.2, 0) is 23.2 Å². The van der Waals surface area contributed by atoms with Crippen LogP contribution in [0, 0.1) is 0 Å². The maximum atomic E-state index is 2.47. The summed E-state index contributed by atoms with van der Waals surface area (Å²) in [6, 6.07) is 0. The molecule has 0 radical (unpaired) electrons. The fraction of sp³-hybridized carbons (Fsp3) is 0.385. The van der Waals surface area contributed by atoms with Gasteiger partial charge >= 0.3 is 97.4 Å². The first kappa shape index (κ1) is 9.10. The van der Waals surface area contributed by atoms with Crippen molar-refractivity contribution in [1.29, 1.82) is 0 Å². The Kier molecular flexibility index (Phi) is 2.06. The maximum absolute atomic E-state index is 2.47. The van der Waals surface area contributed by atoms with Crippen LogP contribution in [-0.4, -0.2) is 0 Å². The monoisotopic (exact) mass is 260 g/mol. The Hall–Kier alpha value is -0.157. The summed E-state index contributed by atoms with van der Waals surface area (Å²) in [4.78, 5) is 0. The molecule has 0 unspecified atom stereocenters. The van der Waals surface area contributed by atoms with Gasteiger partial charge in [-0.15, -0.1) is 0 Å². The number of fused-ring (bicyclic) bond motifs is 2. The van der Waals surface area contributed by atoms with Crippen LogP contribution >= 0.6 is 0 Å². The van der Waals surface area contributed by atoms with E-state index in [9.17, 15) is 0 Å². The van der Waals surface area contributed by atoms with Crippen molar-refractivity contribution < 1.29 is 23.2 Å².